The highest BCUT2D eigenvalue weighted by Crippen LogP contribution is 2.32. The van der Waals surface area contributed by atoms with Crippen LogP contribution < -0.4 is 11.2 Å². The Labute approximate surface area is 167 Å². The number of aromatic amines is 1. The number of hydrogen-bond donors (Lipinski definition) is 2. The minimum Gasteiger partial charge on any atom is -0.421 e. The topological polar surface area (TPSA) is 114 Å². The largest absolute Gasteiger partial charge is 0.421 e. The number of benzene rings is 2. The van der Waals surface area contributed by atoms with E-state index in [0.717, 1.165) is 18.2 Å². The first-order valence-corrected chi connectivity index (χ1v) is 10.2. The summed E-state index contributed by atoms with van der Waals surface area (Å²) in [5, 5.41) is 9.25. The van der Waals surface area contributed by atoms with Gasteiger partial charge in [0.1, 0.15) is 5.82 Å². The molecule has 2 aromatic heterocycles. The molecule has 0 aliphatic heterocycles. The summed E-state index contributed by atoms with van der Waals surface area (Å²) in [7, 11) is -4.36. The summed E-state index contributed by atoms with van der Waals surface area (Å²) in [5.41, 5.74) is -2.39. The minimum absolute atomic E-state index is 0.163. The van der Waals surface area contributed by atoms with Gasteiger partial charge in [-0.15, -0.1) is 0 Å². The second kappa shape index (κ2) is 6.46. The number of nitrogens with one attached hydrogen (secondary N) is 1. The molecule has 0 aliphatic carbocycles. The van der Waals surface area contributed by atoms with Crippen LogP contribution in [0.25, 0.3) is 21.8 Å². The molecule has 0 saturated carbocycles. The Balaban J connectivity index is 2.09. The first-order valence-electron chi connectivity index (χ1n) is 8.37. The molecule has 0 unspecified atom stereocenters. The highest BCUT2D eigenvalue weighted by molar-refractivity contribution is 7.91. The van der Waals surface area contributed by atoms with Gasteiger partial charge in [0.05, 0.1) is 31.2 Å². The zero-order valence-corrected chi connectivity index (χ0v) is 16.4. The van der Waals surface area contributed by atoms with E-state index in [2.05, 4.69) is 4.98 Å². The molecule has 2 aromatic carbocycles. The van der Waals surface area contributed by atoms with Crippen LogP contribution in [0.2, 0.25) is 5.02 Å². The monoisotopic (exact) mass is 437 g/mol. The van der Waals surface area contributed by atoms with E-state index in [1.165, 1.54) is 6.07 Å². The fourth-order valence-corrected chi connectivity index (χ4v) is 4.94. The highest BCUT2D eigenvalue weighted by Gasteiger charge is 2.26. The summed E-state index contributed by atoms with van der Waals surface area (Å²) in [6.07, 6.45) is 1.64. The molecule has 8 nitrogen and oxygen atoms in total. The fourth-order valence-electron chi connectivity index (χ4n) is 3.26. The van der Waals surface area contributed by atoms with Gasteiger partial charge in [0.25, 0.3) is 5.56 Å². The molecule has 0 amide bonds. The van der Waals surface area contributed by atoms with E-state index in [4.69, 9.17) is 11.6 Å². The van der Waals surface area contributed by atoms with Crippen LogP contribution in [0.5, 0.6) is 0 Å². The normalized spacial score (nSPS) is 12.1. The molecule has 2 heterocycles. The van der Waals surface area contributed by atoms with E-state index < -0.39 is 31.8 Å². The molecule has 150 valence electrons. The number of sulfone groups is 1. The highest BCUT2D eigenvalue weighted by atomic mass is 35.5. The summed E-state index contributed by atoms with van der Waals surface area (Å²) < 4.78 is 42.6. The third-order valence-corrected chi connectivity index (χ3v) is 6.79. The predicted octanol–water partition coefficient (Wildman–Crippen LogP) is 2.53. The molecule has 0 saturated heterocycles. The molecular weight excluding hydrogens is 425 g/mol. The molecule has 0 fully saturated rings. The number of H-pyrrole nitrogens is 1. The van der Waals surface area contributed by atoms with Gasteiger partial charge in [-0.1, -0.05) is 16.3 Å². The number of nitrogens with zero attached hydrogens (tertiary/aromatic N) is 2. The van der Waals surface area contributed by atoms with Crippen molar-refractivity contribution in [3.05, 3.63) is 68.2 Å². The van der Waals surface area contributed by atoms with E-state index in [1.807, 2.05) is 6.92 Å². The smallest absolute Gasteiger partial charge is 0.362 e. The lowest BCUT2D eigenvalue weighted by Crippen LogP contribution is -2.33. The van der Waals surface area contributed by atoms with Gasteiger partial charge in [-0.05, 0) is 37.3 Å². The van der Waals surface area contributed by atoms with Crippen molar-refractivity contribution in [1.29, 1.82) is 0 Å². The molecule has 4 rings (SSSR count). The average molecular weight is 438 g/mol. The molecule has 11 heteroatoms. The van der Waals surface area contributed by atoms with Gasteiger partial charge in [0, 0.05) is 18.1 Å². The Hall–Kier alpha value is -3.11. The van der Waals surface area contributed by atoms with Crippen molar-refractivity contribution in [2.75, 3.05) is 0 Å². The van der Waals surface area contributed by atoms with Crippen LogP contribution in [0, 0.1) is 5.82 Å². The average Bonchev–Trinajstić information content (AvgIpc) is 3.09. The van der Waals surface area contributed by atoms with Crippen LogP contribution in [0.3, 0.4) is 0 Å². The maximum Gasteiger partial charge on any atom is 0.362 e. The summed E-state index contributed by atoms with van der Waals surface area (Å²) in [6, 6.07) is 6.01. The number of halogens is 2. The Bertz CT molecular complexity index is 1540. The van der Waals surface area contributed by atoms with Crippen LogP contribution in [0.15, 0.2) is 55.9 Å². The zero-order chi connectivity index (χ0) is 21.1. The molecule has 0 atom stereocenters. The third kappa shape index (κ3) is 2.75. The number of fused-ring (bicyclic) bond motifs is 2. The Morgan fingerprint density at radius 1 is 1.21 bits per heavy atom. The van der Waals surface area contributed by atoms with Gasteiger partial charge < -0.3 is 14.8 Å². The lowest BCUT2D eigenvalue weighted by molar-refractivity contribution is 0.162. The Morgan fingerprint density at radius 2 is 1.93 bits per heavy atom. The maximum absolute atomic E-state index is 14.6. The summed E-state index contributed by atoms with van der Waals surface area (Å²) in [6.45, 7) is 2.33. The molecular formula is C18H13ClFN3O5S. The number of aryl methyl sites for hydroxylation is 1. The van der Waals surface area contributed by atoms with Crippen LogP contribution in [-0.4, -0.2) is 27.9 Å². The van der Waals surface area contributed by atoms with Crippen LogP contribution >= 0.6 is 11.6 Å². The Kier molecular flexibility index (Phi) is 4.28. The minimum atomic E-state index is -4.36. The molecule has 0 radical (unpaired) electrons. The van der Waals surface area contributed by atoms with E-state index in [-0.39, 0.29) is 30.9 Å². The van der Waals surface area contributed by atoms with Crippen molar-refractivity contribution in [3.63, 3.8) is 0 Å². The first-order chi connectivity index (χ1) is 13.7. The standard InChI is InChI=1S/C18H13ClFN3O5S/c1-2-22-6-5-10-12(20)7-9(8-13(10)22)29(27,28)14-4-3-11(19)15-16(14)21-18(25)23(26)17(15)24/h3-8,26H,2H2,1H3,(H,21,25). The molecule has 0 bridgehead atoms. The summed E-state index contributed by atoms with van der Waals surface area (Å²) in [5.74, 6) is -0.724. The van der Waals surface area contributed by atoms with E-state index in [9.17, 15) is 27.6 Å². The number of hydrogen-bond acceptors (Lipinski definition) is 5. The van der Waals surface area contributed by atoms with Crippen molar-refractivity contribution >= 4 is 43.2 Å². The maximum atomic E-state index is 14.6. The van der Waals surface area contributed by atoms with Crippen molar-refractivity contribution in [1.82, 2.24) is 14.3 Å². The van der Waals surface area contributed by atoms with Gasteiger partial charge in [-0.3, -0.25) is 4.79 Å². The number of aromatic nitrogens is 3. The molecule has 4 aromatic rings. The van der Waals surface area contributed by atoms with Gasteiger partial charge in [-0.25, -0.2) is 17.6 Å². The van der Waals surface area contributed by atoms with Crippen LogP contribution in [-0.2, 0) is 16.4 Å². The van der Waals surface area contributed by atoms with E-state index in [0.29, 0.717) is 12.1 Å². The zero-order valence-electron chi connectivity index (χ0n) is 14.8. The van der Waals surface area contributed by atoms with Gasteiger partial charge >= 0.3 is 5.69 Å². The quantitative estimate of drug-likeness (QED) is 0.478. The second-order valence-electron chi connectivity index (χ2n) is 6.29. The third-order valence-electron chi connectivity index (χ3n) is 4.70. The lowest BCUT2D eigenvalue weighted by Gasteiger charge is -2.11. The van der Waals surface area contributed by atoms with Crippen LogP contribution in [0.4, 0.5) is 4.39 Å². The van der Waals surface area contributed by atoms with Crippen molar-refractivity contribution in [3.8, 4) is 0 Å². The predicted molar refractivity (Wildman–Crippen MR) is 104 cm³/mol. The van der Waals surface area contributed by atoms with Gasteiger partial charge in [0.2, 0.25) is 9.84 Å². The van der Waals surface area contributed by atoms with Crippen molar-refractivity contribution < 1.29 is 18.0 Å². The molecule has 0 spiro atoms. The van der Waals surface area contributed by atoms with E-state index >= 15 is 0 Å². The molecule has 2 N–H and O–H groups in total. The number of rotatable bonds is 3. The lowest BCUT2D eigenvalue weighted by atomic mass is 10.2. The van der Waals surface area contributed by atoms with Crippen molar-refractivity contribution in [2.24, 2.45) is 0 Å². The SMILES string of the molecule is CCn1ccc2c(F)cc(S(=O)(=O)c3ccc(Cl)c4c(=O)n(O)c(=O)[nH]c34)cc21. The van der Waals surface area contributed by atoms with Gasteiger partial charge in [0.15, 0.2) is 0 Å². The van der Waals surface area contributed by atoms with Crippen molar-refractivity contribution in [2.45, 2.75) is 23.3 Å². The summed E-state index contributed by atoms with van der Waals surface area (Å²) >= 11 is 5.98. The molecule has 0 aliphatic rings. The second-order valence-corrected chi connectivity index (χ2v) is 8.61. The Morgan fingerprint density at radius 3 is 2.62 bits per heavy atom. The van der Waals surface area contributed by atoms with Gasteiger partial charge in [-0.2, -0.15) is 0 Å². The fraction of sp³-hybridized carbons (Fsp3) is 0.111. The summed E-state index contributed by atoms with van der Waals surface area (Å²) in [4.78, 5) is 25.4. The first kappa shape index (κ1) is 19.2. The van der Waals surface area contributed by atoms with E-state index in [1.54, 1.807) is 16.8 Å². The van der Waals surface area contributed by atoms with Crippen LogP contribution in [0.1, 0.15) is 6.92 Å². The molecule has 29 heavy (non-hydrogen) atoms.